The molecule has 0 radical (unpaired) electrons. The monoisotopic (exact) mass is 203 g/mol. The van der Waals surface area contributed by atoms with E-state index in [9.17, 15) is 0 Å². The number of benzene rings is 1. The van der Waals surface area contributed by atoms with Gasteiger partial charge in [-0.2, -0.15) is 5.26 Å². The highest BCUT2D eigenvalue weighted by Crippen LogP contribution is 2.20. The van der Waals surface area contributed by atoms with Crippen molar-refractivity contribution in [2.75, 3.05) is 7.11 Å². The molecule has 2 N–H and O–H groups in total. The lowest BCUT2D eigenvalue weighted by Crippen LogP contribution is -2.14. The molecule has 0 aliphatic rings. The van der Waals surface area contributed by atoms with Crippen LogP contribution in [0.4, 0.5) is 0 Å². The average Bonchev–Trinajstić information content (AvgIpc) is 2.25. The number of ether oxygens (including phenoxy) is 1. The standard InChI is InChI=1S/C10H10BNO3/c1-15-9-4-2-3-8(7-9)10(5-6-12)11(13)14/h2-5,7,13-14H,1H3. The first kappa shape index (κ1) is 11.3. The Morgan fingerprint density at radius 2 is 2.27 bits per heavy atom. The summed E-state index contributed by atoms with van der Waals surface area (Å²) < 4.78 is 4.99. The molecule has 0 fully saturated rings. The SMILES string of the molecule is COc1cccc(C(=CC#N)B(O)O)c1. The minimum absolute atomic E-state index is 0.149. The number of methoxy groups -OCH3 is 1. The fraction of sp³-hybridized carbons (Fsp3) is 0.100. The molecule has 15 heavy (non-hydrogen) atoms. The van der Waals surface area contributed by atoms with Gasteiger partial charge in [-0.3, -0.25) is 0 Å². The van der Waals surface area contributed by atoms with Gasteiger partial charge in [-0.1, -0.05) is 12.1 Å². The highest BCUT2D eigenvalue weighted by Gasteiger charge is 2.16. The molecule has 0 aliphatic carbocycles. The summed E-state index contributed by atoms with van der Waals surface area (Å²) in [6.07, 6.45) is 1.10. The number of nitriles is 1. The summed E-state index contributed by atoms with van der Waals surface area (Å²) in [6, 6.07) is 8.51. The van der Waals surface area contributed by atoms with Crippen molar-refractivity contribution in [3.05, 3.63) is 35.9 Å². The quantitative estimate of drug-likeness (QED) is 0.557. The second-order valence-corrected chi connectivity index (χ2v) is 2.83. The zero-order valence-electron chi connectivity index (χ0n) is 8.21. The summed E-state index contributed by atoms with van der Waals surface area (Å²) >= 11 is 0. The van der Waals surface area contributed by atoms with Crippen LogP contribution < -0.4 is 4.74 Å². The number of hydrogen-bond donors (Lipinski definition) is 2. The fourth-order valence-corrected chi connectivity index (χ4v) is 1.18. The maximum absolute atomic E-state index is 9.06. The fourth-order valence-electron chi connectivity index (χ4n) is 1.18. The molecule has 0 saturated heterocycles. The van der Waals surface area contributed by atoms with E-state index in [4.69, 9.17) is 20.0 Å². The van der Waals surface area contributed by atoms with E-state index in [0.29, 0.717) is 11.3 Å². The van der Waals surface area contributed by atoms with Crippen LogP contribution in [0.5, 0.6) is 5.75 Å². The lowest BCUT2D eigenvalue weighted by Gasteiger charge is -2.06. The molecule has 0 unspecified atom stereocenters. The van der Waals surface area contributed by atoms with Crippen LogP contribution in [0.15, 0.2) is 30.3 Å². The summed E-state index contributed by atoms with van der Waals surface area (Å²) in [5.41, 5.74) is 0.697. The molecule has 0 heterocycles. The molecule has 1 aromatic carbocycles. The van der Waals surface area contributed by atoms with Crippen molar-refractivity contribution in [1.82, 2.24) is 0 Å². The van der Waals surface area contributed by atoms with E-state index in [1.54, 1.807) is 30.3 Å². The Balaban J connectivity index is 3.13. The number of nitrogens with zero attached hydrogens (tertiary/aromatic N) is 1. The van der Waals surface area contributed by atoms with Crippen LogP contribution in [0.2, 0.25) is 0 Å². The molecule has 1 aromatic rings. The number of rotatable bonds is 3. The summed E-state index contributed by atoms with van der Waals surface area (Å²) in [6.45, 7) is 0. The average molecular weight is 203 g/mol. The lowest BCUT2D eigenvalue weighted by molar-refractivity contribution is 0.414. The van der Waals surface area contributed by atoms with Gasteiger partial charge in [0, 0.05) is 6.08 Å². The van der Waals surface area contributed by atoms with E-state index < -0.39 is 7.12 Å². The Hall–Kier alpha value is -1.77. The van der Waals surface area contributed by atoms with Gasteiger partial charge < -0.3 is 14.8 Å². The molecule has 0 aliphatic heterocycles. The minimum atomic E-state index is -1.67. The Kier molecular flexibility index (Phi) is 3.92. The predicted octanol–water partition coefficient (Wildman–Crippen LogP) is 0.614. The van der Waals surface area contributed by atoms with Crippen LogP contribution in [-0.4, -0.2) is 24.3 Å². The van der Waals surface area contributed by atoms with Gasteiger partial charge in [-0.15, -0.1) is 0 Å². The third-order valence-electron chi connectivity index (χ3n) is 1.90. The molecular weight excluding hydrogens is 193 g/mol. The first-order valence-electron chi connectivity index (χ1n) is 4.29. The third kappa shape index (κ3) is 2.84. The van der Waals surface area contributed by atoms with E-state index in [2.05, 4.69) is 0 Å². The van der Waals surface area contributed by atoms with E-state index in [-0.39, 0.29) is 5.47 Å². The van der Waals surface area contributed by atoms with E-state index >= 15 is 0 Å². The highest BCUT2D eigenvalue weighted by atomic mass is 16.5. The molecule has 76 valence electrons. The van der Waals surface area contributed by atoms with Crippen molar-refractivity contribution >= 4 is 12.6 Å². The van der Waals surface area contributed by atoms with Gasteiger partial charge in [0.1, 0.15) is 5.75 Å². The number of hydrogen-bond acceptors (Lipinski definition) is 4. The maximum Gasteiger partial charge on any atom is 0.489 e. The van der Waals surface area contributed by atoms with Crippen LogP contribution in [-0.2, 0) is 0 Å². The topological polar surface area (TPSA) is 73.5 Å². The van der Waals surface area contributed by atoms with Crippen LogP contribution in [0, 0.1) is 11.3 Å². The van der Waals surface area contributed by atoms with Gasteiger partial charge in [0.15, 0.2) is 0 Å². The van der Waals surface area contributed by atoms with Gasteiger partial charge in [-0.05, 0) is 23.2 Å². The largest absolute Gasteiger partial charge is 0.497 e. The van der Waals surface area contributed by atoms with Crippen molar-refractivity contribution in [3.63, 3.8) is 0 Å². The molecule has 0 atom stereocenters. The number of allylic oxidation sites excluding steroid dienone is 1. The van der Waals surface area contributed by atoms with Gasteiger partial charge >= 0.3 is 7.12 Å². The first-order valence-corrected chi connectivity index (χ1v) is 4.29. The molecule has 0 amide bonds. The smallest absolute Gasteiger partial charge is 0.489 e. The summed E-state index contributed by atoms with van der Waals surface area (Å²) in [5.74, 6) is 0.594. The maximum atomic E-state index is 9.06. The first-order chi connectivity index (χ1) is 7.19. The van der Waals surface area contributed by atoms with E-state index in [1.807, 2.05) is 0 Å². The normalized spacial score (nSPS) is 10.7. The Morgan fingerprint density at radius 3 is 2.80 bits per heavy atom. The van der Waals surface area contributed by atoms with Crippen LogP contribution >= 0.6 is 0 Å². The molecule has 1 rings (SSSR count). The lowest BCUT2D eigenvalue weighted by atomic mass is 9.75. The molecule has 0 aromatic heterocycles. The molecule has 0 saturated carbocycles. The van der Waals surface area contributed by atoms with Crippen LogP contribution in [0.3, 0.4) is 0 Å². The molecular formula is C10H10BNO3. The second kappa shape index (κ2) is 5.20. The van der Waals surface area contributed by atoms with Crippen LogP contribution in [0.25, 0.3) is 5.47 Å². The molecule has 0 bridgehead atoms. The second-order valence-electron chi connectivity index (χ2n) is 2.83. The Bertz CT molecular complexity index is 409. The van der Waals surface area contributed by atoms with Crippen molar-refractivity contribution < 1.29 is 14.8 Å². The third-order valence-corrected chi connectivity index (χ3v) is 1.90. The predicted molar refractivity (Wildman–Crippen MR) is 56.8 cm³/mol. The van der Waals surface area contributed by atoms with Gasteiger partial charge in [0.25, 0.3) is 0 Å². The Labute approximate surface area is 88.2 Å². The van der Waals surface area contributed by atoms with Crippen molar-refractivity contribution in [2.45, 2.75) is 0 Å². The van der Waals surface area contributed by atoms with Crippen molar-refractivity contribution in [2.24, 2.45) is 0 Å². The highest BCUT2D eigenvalue weighted by molar-refractivity contribution is 6.65. The van der Waals surface area contributed by atoms with Crippen molar-refractivity contribution in [1.29, 1.82) is 5.26 Å². The van der Waals surface area contributed by atoms with Gasteiger partial charge in [0.2, 0.25) is 0 Å². The van der Waals surface area contributed by atoms with Gasteiger partial charge in [-0.25, -0.2) is 0 Å². The Morgan fingerprint density at radius 1 is 1.53 bits per heavy atom. The molecule has 0 spiro atoms. The van der Waals surface area contributed by atoms with Gasteiger partial charge in [0.05, 0.1) is 13.2 Å². The summed E-state index contributed by atoms with van der Waals surface area (Å²) in [4.78, 5) is 0. The van der Waals surface area contributed by atoms with Crippen molar-refractivity contribution in [3.8, 4) is 11.8 Å². The molecule has 4 nitrogen and oxygen atoms in total. The zero-order valence-corrected chi connectivity index (χ0v) is 8.21. The van der Waals surface area contributed by atoms with E-state index in [1.165, 1.54) is 7.11 Å². The summed E-state index contributed by atoms with van der Waals surface area (Å²) in [5, 5.41) is 26.6. The van der Waals surface area contributed by atoms with Crippen LogP contribution in [0.1, 0.15) is 5.56 Å². The molecule has 5 heteroatoms. The minimum Gasteiger partial charge on any atom is -0.497 e. The van der Waals surface area contributed by atoms with E-state index in [0.717, 1.165) is 6.08 Å². The summed E-state index contributed by atoms with van der Waals surface area (Å²) in [7, 11) is -0.154. The zero-order chi connectivity index (χ0) is 11.3.